The molecule has 1 atom stereocenters. The van der Waals surface area contributed by atoms with E-state index in [4.69, 9.17) is 5.73 Å². The zero-order valence-corrected chi connectivity index (χ0v) is 12.8. The van der Waals surface area contributed by atoms with Crippen molar-refractivity contribution in [1.29, 1.82) is 0 Å². The fourth-order valence-electron chi connectivity index (χ4n) is 1.78. The largest absolute Gasteiger partial charge is 0.481 e. The van der Waals surface area contributed by atoms with E-state index in [9.17, 15) is 19.5 Å². The number of carboxylic acid groups (broad SMARTS) is 1. The zero-order chi connectivity index (χ0) is 15.9. The summed E-state index contributed by atoms with van der Waals surface area (Å²) in [7, 11) is 0. The Labute approximate surface area is 120 Å². The number of nitrogens with zero attached hydrogens (tertiary/aromatic N) is 1. The highest BCUT2D eigenvalue weighted by atomic mass is 16.4. The fraction of sp³-hybridized carbons (Fsp3) is 0.786. The summed E-state index contributed by atoms with van der Waals surface area (Å²) in [4.78, 5) is 36.0. The molecule has 20 heavy (non-hydrogen) atoms. The van der Waals surface area contributed by atoms with E-state index in [0.29, 0.717) is 6.54 Å². The Morgan fingerprint density at radius 1 is 1.30 bits per heavy atom. The lowest BCUT2D eigenvalue weighted by atomic mass is 9.76. The average Bonchev–Trinajstić information content (AvgIpc) is 2.33. The van der Waals surface area contributed by atoms with E-state index in [-0.39, 0.29) is 24.8 Å². The van der Waals surface area contributed by atoms with Gasteiger partial charge >= 0.3 is 5.97 Å². The van der Waals surface area contributed by atoms with Gasteiger partial charge in [-0.25, -0.2) is 0 Å². The molecule has 2 amide bonds. The summed E-state index contributed by atoms with van der Waals surface area (Å²) >= 11 is 0. The van der Waals surface area contributed by atoms with Gasteiger partial charge in [-0.2, -0.15) is 0 Å². The van der Waals surface area contributed by atoms with Crippen molar-refractivity contribution in [3.63, 3.8) is 0 Å². The molecule has 0 aliphatic rings. The van der Waals surface area contributed by atoms with Gasteiger partial charge in [-0.1, -0.05) is 27.2 Å². The first-order valence-corrected chi connectivity index (χ1v) is 6.94. The lowest BCUT2D eigenvalue weighted by molar-refractivity contribution is -0.155. The Morgan fingerprint density at radius 2 is 1.85 bits per heavy atom. The average molecular weight is 286 g/mol. The quantitative estimate of drug-likeness (QED) is 0.665. The van der Waals surface area contributed by atoms with Gasteiger partial charge in [0.05, 0.1) is 12.0 Å². The summed E-state index contributed by atoms with van der Waals surface area (Å²) in [5, 5.41) is 9.33. The first kappa shape index (κ1) is 18.4. The van der Waals surface area contributed by atoms with Crippen molar-refractivity contribution < 1.29 is 19.5 Å². The van der Waals surface area contributed by atoms with Crippen LogP contribution in [0.2, 0.25) is 0 Å². The number of aliphatic carboxylic acids is 1. The van der Waals surface area contributed by atoms with Crippen LogP contribution in [-0.2, 0) is 14.4 Å². The topological polar surface area (TPSA) is 101 Å². The predicted octanol–water partition coefficient (Wildman–Crippen LogP) is 1.24. The molecule has 0 saturated carbocycles. The van der Waals surface area contributed by atoms with Crippen LogP contribution in [0.5, 0.6) is 0 Å². The summed E-state index contributed by atoms with van der Waals surface area (Å²) in [6.07, 6.45) is 1.50. The summed E-state index contributed by atoms with van der Waals surface area (Å²) in [5.74, 6) is -2.12. The van der Waals surface area contributed by atoms with Crippen LogP contribution in [0.3, 0.4) is 0 Å². The highest BCUT2D eigenvalue weighted by Crippen LogP contribution is 2.32. The van der Waals surface area contributed by atoms with Crippen molar-refractivity contribution in [3.05, 3.63) is 0 Å². The molecule has 0 fully saturated rings. The van der Waals surface area contributed by atoms with Crippen molar-refractivity contribution in [1.82, 2.24) is 4.90 Å². The van der Waals surface area contributed by atoms with E-state index in [1.807, 2.05) is 6.92 Å². The molecule has 0 radical (unpaired) electrons. The molecule has 0 aliphatic heterocycles. The molecule has 6 nitrogen and oxygen atoms in total. The normalized spacial score (nSPS) is 13.8. The lowest BCUT2D eigenvalue weighted by Crippen LogP contribution is -2.44. The second-order valence-corrected chi connectivity index (χ2v) is 5.69. The third-order valence-electron chi connectivity index (χ3n) is 3.76. The molecule has 0 saturated heterocycles. The van der Waals surface area contributed by atoms with E-state index in [1.165, 1.54) is 4.90 Å². The van der Waals surface area contributed by atoms with Crippen molar-refractivity contribution in [2.24, 2.45) is 17.1 Å². The molecule has 1 unspecified atom stereocenters. The number of amides is 2. The summed E-state index contributed by atoms with van der Waals surface area (Å²) in [6.45, 7) is 7.33. The number of carboxylic acids is 1. The highest BCUT2D eigenvalue weighted by molar-refractivity contribution is 5.87. The maximum absolute atomic E-state index is 12.3. The molecule has 0 bridgehead atoms. The monoisotopic (exact) mass is 286 g/mol. The van der Waals surface area contributed by atoms with Crippen LogP contribution in [-0.4, -0.2) is 40.9 Å². The number of rotatable bonds is 9. The second-order valence-electron chi connectivity index (χ2n) is 5.69. The molecule has 0 aromatic heterocycles. The zero-order valence-electron chi connectivity index (χ0n) is 12.8. The molecule has 3 N–H and O–H groups in total. The Hall–Kier alpha value is -1.59. The number of nitrogens with two attached hydrogens (primary N) is 1. The van der Waals surface area contributed by atoms with Gasteiger partial charge in [0.2, 0.25) is 11.8 Å². The van der Waals surface area contributed by atoms with Crippen LogP contribution >= 0.6 is 0 Å². The third-order valence-corrected chi connectivity index (χ3v) is 3.76. The Morgan fingerprint density at radius 3 is 2.20 bits per heavy atom. The van der Waals surface area contributed by atoms with Gasteiger partial charge < -0.3 is 15.7 Å². The van der Waals surface area contributed by atoms with Gasteiger partial charge in [-0.05, 0) is 19.3 Å². The summed E-state index contributed by atoms with van der Waals surface area (Å²) < 4.78 is 0. The number of primary amides is 1. The van der Waals surface area contributed by atoms with Crippen LogP contribution in [0.25, 0.3) is 0 Å². The standard InChI is InChI=1S/C14H26N2O4/c1-5-6-7-16(9-11(15)17)12(18)8-14(4,10(2)3)13(19)20/h10H,5-9H2,1-4H3,(H2,15,17)(H,19,20). The number of hydrogen-bond donors (Lipinski definition) is 2. The van der Waals surface area contributed by atoms with Gasteiger partial charge in [0.15, 0.2) is 0 Å². The smallest absolute Gasteiger partial charge is 0.310 e. The molecule has 6 heteroatoms. The van der Waals surface area contributed by atoms with E-state index < -0.39 is 17.3 Å². The second kappa shape index (κ2) is 7.87. The van der Waals surface area contributed by atoms with Crippen molar-refractivity contribution in [2.75, 3.05) is 13.1 Å². The first-order chi connectivity index (χ1) is 9.15. The molecule has 116 valence electrons. The molecule has 0 spiro atoms. The van der Waals surface area contributed by atoms with E-state index in [2.05, 4.69) is 0 Å². The third kappa shape index (κ3) is 5.19. The SMILES string of the molecule is CCCCN(CC(N)=O)C(=O)CC(C)(C(=O)O)C(C)C. The molecule has 0 rings (SSSR count). The Bertz CT molecular complexity index is 368. The molecular formula is C14H26N2O4. The van der Waals surface area contributed by atoms with Crippen LogP contribution in [0.15, 0.2) is 0 Å². The molecule has 0 aromatic rings. The van der Waals surface area contributed by atoms with Gasteiger partial charge in [0, 0.05) is 13.0 Å². The van der Waals surface area contributed by atoms with Crippen LogP contribution in [0.1, 0.15) is 47.0 Å². The molecule has 0 heterocycles. The lowest BCUT2D eigenvalue weighted by Gasteiger charge is -2.31. The predicted molar refractivity (Wildman–Crippen MR) is 75.9 cm³/mol. The van der Waals surface area contributed by atoms with E-state index in [1.54, 1.807) is 20.8 Å². The minimum atomic E-state index is -1.14. The van der Waals surface area contributed by atoms with Crippen molar-refractivity contribution in [3.8, 4) is 0 Å². The molecule has 0 aliphatic carbocycles. The fourth-order valence-corrected chi connectivity index (χ4v) is 1.78. The van der Waals surface area contributed by atoms with Gasteiger partial charge in [-0.3, -0.25) is 14.4 Å². The Balaban J connectivity index is 4.96. The number of carbonyl (C=O) groups is 3. The van der Waals surface area contributed by atoms with Crippen molar-refractivity contribution in [2.45, 2.75) is 47.0 Å². The highest BCUT2D eigenvalue weighted by Gasteiger charge is 2.39. The maximum Gasteiger partial charge on any atom is 0.310 e. The first-order valence-electron chi connectivity index (χ1n) is 6.94. The summed E-state index contributed by atoms with van der Waals surface area (Å²) in [6, 6.07) is 0. The van der Waals surface area contributed by atoms with E-state index >= 15 is 0 Å². The Kier molecular flexibility index (Phi) is 7.24. The van der Waals surface area contributed by atoms with Crippen LogP contribution < -0.4 is 5.73 Å². The minimum Gasteiger partial charge on any atom is -0.481 e. The maximum atomic E-state index is 12.3. The summed E-state index contributed by atoms with van der Waals surface area (Å²) in [5.41, 5.74) is 4.00. The van der Waals surface area contributed by atoms with Crippen molar-refractivity contribution >= 4 is 17.8 Å². The van der Waals surface area contributed by atoms with Crippen LogP contribution in [0, 0.1) is 11.3 Å². The molecular weight excluding hydrogens is 260 g/mol. The van der Waals surface area contributed by atoms with Gasteiger partial charge in [-0.15, -0.1) is 0 Å². The number of hydrogen-bond acceptors (Lipinski definition) is 3. The number of unbranched alkanes of at least 4 members (excludes halogenated alkanes) is 1. The van der Waals surface area contributed by atoms with Gasteiger partial charge in [0.1, 0.15) is 0 Å². The number of carbonyl (C=O) groups excluding carboxylic acids is 2. The minimum absolute atomic E-state index is 0.128. The van der Waals surface area contributed by atoms with E-state index in [0.717, 1.165) is 12.8 Å². The van der Waals surface area contributed by atoms with Crippen LogP contribution in [0.4, 0.5) is 0 Å². The van der Waals surface area contributed by atoms with Gasteiger partial charge in [0.25, 0.3) is 0 Å². The molecule has 0 aromatic carbocycles.